The van der Waals surface area contributed by atoms with Crippen molar-refractivity contribution in [1.29, 1.82) is 0 Å². The smallest absolute Gasteiger partial charge is 0.334 e. The Hall–Kier alpha value is -1.66. The van der Waals surface area contributed by atoms with Crippen molar-refractivity contribution in [3.05, 3.63) is 23.8 Å². The zero-order valence-corrected chi connectivity index (χ0v) is 14.9. The molecule has 6 nitrogen and oxygen atoms in total. The molecule has 1 saturated heterocycles. The maximum atomic E-state index is 11.9. The van der Waals surface area contributed by atoms with E-state index in [4.69, 9.17) is 9.47 Å². The second-order valence-electron chi connectivity index (χ2n) is 7.25. The van der Waals surface area contributed by atoms with Crippen LogP contribution in [-0.4, -0.2) is 47.6 Å². The molecule has 0 bridgehead atoms. The summed E-state index contributed by atoms with van der Waals surface area (Å²) in [5.41, 5.74) is 1.08. The van der Waals surface area contributed by atoms with Crippen LogP contribution in [0.5, 0.6) is 0 Å². The molecule has 4 atom stereocenters. The number of aliphatic hydroxyl groups excluding tert-OH is 2. The highest BCUT2D eigenvalue weighted by molar-refractivity contribution is 5.91. The van der Waals surface area contributed by atoms with Crippen molar-refractivity contribution in [2.24, 2.45) is 17.8 Å². The van der Waals surface area contributed by atoms with Gasteiger partial charge in [-0.3, -0.25) is 4.79 Å². The Morgan fingerprint density at radius 3 is 2.84 bits per heavy atom. The van der Waals surface area contributed by atoms with Crippen molar-refractivity contribution >= 4 is 11.9 Å². The molecule has 1 aliphatic carbocycles. The lowest BCUT2D eigenvalue weighted by atomic mass is 9.82. The number of ether oxygens (including phenoxy) is 2. The van der Waals surface area contributed by atoms with Crippen molar-refractivity contribution < 1.29 is 29.3 Å². The van der Waals surface area contributed by atoms with Crippen LogP contribution in [0.3, 0.4) is 0 Å². The van der Waals surface area contributed by atoms with Crippen molar-refractivity contribution in [2.75, 3.05) is 13.2 Å². The van der Waals surface area contributed by atoms with Crippen molar-refractivity contribution in [3.8, 4) is 0 Å². The molecule has 0 aromatic heterocycles. The maximum absolute atomic E-state index is 11.9. The van der Waals surface area contributed by atoms with Gasteiger partial charge in [-0.15, -0.1) is 0 Å². The number of hydrogen-bond acceptors (Lipinski definition) is 6. The number of fused-ring (bicyclic) bond motifs is 1. The monoisotopic (exact) mass is 352 g/mol. The van der Waals surface area contributed by atoms with Crippen LogP contribution in [0.15, 0.2) is 23.8 Å². The van der Waals surface area contributed by atoms with E-state index in [1.54, 1.807) is 13.8 Å². The topological polar surface area (TPSA) is 93.1 Å². The van der Waals surface area contributed by atoms with Gasteiger partial charge in [0.05, 0.1) is 17.9 Å². The third-order valence-corrected chi connectivity index (χ3v) is 4.91. The minimum atomic E-state index is -0.842. The highest BCUT2D eigenvalue weighted by Gasteiger charge is 2.43. The predicted molar refractivity (Wildman–Crippen MR) is 91.4 cm³/mol. The van der Waals surface area contributed by atoms with Gasteiger partial charge in [0.2, 0.25) is 0 Å². The molecule has 6 heteroatoms. The van der Waals surface area contributed by atoms with E-state index in [1.165, 1.54) is 0 Å². The SMILES string of the molecule is C=C1C(=O)O[C@@H]2C[C@H](CO)CC/C=C(/COC(=O)C(C)C)C[C@@H](O)[C@@H]12. The fourth-order valence-corrected chi connectivity index (χ4v) is 3.38. The van der Waals surface area contributed by atoms with Gasteiger partial charge in [-0.1, -0.05) is 26.5 Å². The molecule has 0 spiro atoms. The molecule has 0 aromatic carbocycles. The summed E-state index contributed by atoms with van der Waals surface area (Å²) < 4.78 is 10.6. The molecular weight excluding hydrogens is 324 g/mol. The van der Waals surface area contributed by atoms with Gasteiger partial charge < -0.3 is 19.7 Å². The van der Waals surface area contributed by atoms with Crippen LogP contribution in [-0.2, 0) is 19.1 Å². The molecule has 2 rings (SSSR count). The molecule has 140 valence electrons. The number of carbonyl (C=O) groups excluding carboxylic acids is 2. The summed E-state index contributed by atoms with van der Waals surface area (Å²) in [6, 6.07) is 0. The zero-order chi connectivity index (χ0) is 18.6. The molecule has 2 aliphatic rings. The van der Waals surface area contributed by atoms with Gasteiger partial charge in [0, 0.05) is 12.2 Å². The summed E-state index contributed by atoms with van der Waals surface area (Å²) in [5.74, 6) is -1.51. The minimum Gasteiger partial charge on any atom is -0.461 e. The van der Waals surface area contributed by atoms with Gasteiger partial charge in [-0.25, -0.2) is 4.79 Å². The van der Waals surface area contributed by atoms with Crippen molar-refractivity contribution in [2.45, 2.75) is 51.7 Å². The molecule has 0 saturated carbocycles. The fourth-order valence-electron chi connectivity index (χ4n) is 3.38. The number of rotatable bonds is 4. The molecule has 0 aromatic rings. The Kier molecular flexibility index (Phi) is 6.79. The van der Waals surface area contributed by atoms with Gasteiger partial charge in [0.1, 0.15) is 12.7 Å². The second kappa shape index (κ2) is 8.63. The Balaban J connectivity index is 2.15. The van der Waals surface area contributed by atoms with Gasteiger partial charge in [-0.05, 0) is 37.2 Å². The maximum Gasteiger partial charge on any atom is 0.334 e. The van der Waals surface area contributed by atoms with E-state index in [1.807, 2.05) is 6.08 Å². The number of hydrogen-bond donors (Lipinski definition) is 2. The Morgan fingerprint density at radius 1 is 1.48 bits per heavy atom. The van der Waals surface area contributed by atoms with E-state index in [9.17, 15) is 19.8 Å². The molecule has 1 fully saturated rings. The van der Waals surface area contributed by atoms with Crippen LogP contribution in [0.1, 0.15) is 39.5 Å². The first-order valence-corrected chi connectivity index (χ1v) is 8.86. The average molecular weight is 352 g/mol. The first kappa shape index (κ1) is 19.7. The molecule has 0 unspecified atom stereocenters. The summed E-state index contributed by atoms with van der Waals surface area (Å²) in [5, 5.41) is 20.2. The summed E-state index contributed by atoms with van der Waals surface area (Å²) in [6.45, 7) is 7.41. The quantitative estimate of drug-likeness (QED) is 0.455. The Labute approximate surface area is 148 Å². The predicted octanol–water partition coefficient (Wildman–Crippen LogP) is 1.75. The van der Waals surface area contributed by atoms with E-state index in [0.29, 0.717) is 19.3 Å². The lowest BCUT2D eigenvalue weighted by Crippen LogP contribution is -2.32. The van der Waals surface area contributed by atoms with Crippen LogP contribution in [0, 0.1) is 17.8 Å². The van der Waals surface area contributed by atoms with Gasteiger partial charge in [0.15, 0.2) is 0 Å². The van der Waals surface area contributed by atoms with E-state index in [-0.39, 0.29) is 36.6 Å². The molecule has 0 radical (unpaired) electrons. The van der Waals surface area contributed by atoms with Crippen LogP contribution < -0.4 is 0 Å². The molecule has 2 N–H and O–H groups in total. The van der Waals surface area contributed by atoms with E-state index < -0.39 is 24.1 Å². The summed E-state index contributed by atoms with van der Waals surface area (Å²) in [6.07, 6.45) is 2.90. The normalized spacial score (nSPS) is 32.6. The first-order chi connectivity index (χ1) is 11.8. The lowest BCUT2D eigenvalue weighted by Gasteiger charge is -2.27. The van der Waals surface area contributed by atoms with Crippen LogP contribution in [0.2, 0.25) is 0 Å². The van der Waals surface area contributed by atoms with Gasteiger partial charge >= 0.3 is 11.9 Å². The highest BCUT2D eigenvalue weighted by Crippen LogP contribution is 2.37. The number of aliphatic hydroxyl groups is 2. The first-order valence-electron chi connectivity index (χ1n) is 8.86. The van der Waals surface area contributed by atoms with E-state index in [2.05, 4.69) is 6.58 Å². The molecule has 0 amide bonds. The summed E-state index contributed by atoms with van der Waals surface area (Å²) >= 11 is 0. The second-order valence-corrected chi connectivity index (χ2v) is 7.25. The summed E-state index contributed by atoms with van der Waals surface area (Å²) in [4.78, 5) is 23.6. The molecule has 1 heterocycles. The third-order valence-electron chi connectivity index (χ3n) is 4.91. The standard InChI is InChI=1S/C19H28O6/c1-11(2)18(22)24-10-14-6-4-5-13(9-20)8-16-17(15(21)7-14)12(3)19(23)25-16/h6,11,13,15-17,20-21H,3-5,7-10H2,1-2H3/b14-6+/t13-,15-,16-,17-/m1/s1. The van der Waals surface area contributed by atoms with Crippen molar-refractivity contribution in [3.63, 3.8) is 0 Å². The molecule has 25 heavy (non-hydrogen) atoms. The highest BCUT2D eigenvalue weighted by atomic mass is 16.6. The molecule has 1 aliphatic heterocycles. The number of esters is 2. The zero-order valence-electron chi connectivity index (χ0n) is 14.9. The van der Waals surface area contributed by atoms with Gasteiger partial charge in [0.25, 0.3) is 0 Å². The number of allylic oxidation sites excluding steroid dienone is 1. The summed E-state index contributed by atoms with van der Waals surface area (Å²) in [7, 11) is 0. The minimum absolute atomic E-state index is 0.00511. The third kappa shape index (κ3) is 4.92. The Morgan fingerprint density at radius 2 is 2.20 bits per heavy atom. The van der Waals surface area contributed by atoms with E-state index in [0.717, 1.165) is 12.0 Å². The Bertz CT molecular complexity index is 550. The number of carbonyl (C=O) groups is 2. The van der Waals surface area contributed by atoms with Crippen LogP contribution in [0.25, 0.3) is 0 Å². The largest absolute Gasteiger partial charge is 0.461 e. The molecular formula is C19H28O6. The van der Waals surface area contributed by atoms with Crippen LogP contribution in [0.4, 0.5) is 0 Å². The fraction of sp³-hybridized carbons (Fsp3) is 0.684. The van der Waals surface area contributed by atoms with E-state index >= 15 is 0 Å². The lowest BCUT2D eigenvalue weighted by molar-refractivity contribution is -0.146. The average Bonchev–Trinajstić information content (AvgIpc) is 2.84. The van der Waals surface area contributed by atoms with Crippen LogP contribution >= 0.6 is 0 Å². The van der Waals surface area contributed by atoms with Gasteiger partial charge in [-0.2, -0.15) is 0 Å². The van der Waals surface area contributed by atoms with Crippen molar-refractivity contribution in [1.82, 2.24) is 0 Å².